The lowest BCUT2D eigenvalue weighted by Gasteiger charge is -2.33. The smallest absolute Gasteiger partial charge is 0.268 e. The molecule has 0 saturated heterocycles. The van der Waals surface area contributed by atoms with Gasteiger partial charge in [0.05, 0.1) is 5.54 Å². The van der Waals surface area contributed by atoms with Crippen LogP contribution in [0.2, 0.25) is 10.0 Å². The van der Waals surface area contributed by atoms with Gasteiger partial charge < -0.3 is 0 Å². The quantitative estimate of drug-likeness (QED) is 0.663. The van der Waals surface area contributed by atoms with Gasteiger partial charge in [0, 0.05) is 15.6 Å². The van der Waals surface area contributed by atoms with Crippen molar-refractivity contribution in [2.75, 3.05) is 0 Å². The molecule has 1 rings (SSSR count). The minimum Gasteiger partial charge on any atom is -0.268 e. The largest absolute Gasteiger partial charge is 0.269 e. The summed E-state index contributed by atoms with van der Waals surface area (Å²) in [5.41, 5.74) is -0.0845. The van der Waals surface area contributed by atoms with Gasteiger partial charge in [0.2, 0.25) is 0 Å². The first-order valence-electron chi connectivity index (χ1n) is 4.92. The van der Waals surface area contributed by atoms with Crippen molar-refractivity contribution in [3.63, 3.8) is 0 Å². The van der Waals surface area contributed by atoms with Crippen LogP contribution in [0.5, 0.6) is 0 Å². The van der Waals surface area contributed by atoms with Gasteiger partial charge in [-0.25, -0.2) is 0 Å². The van der Waals surface area contributed by atoms with E-state index in [4.69, 9.17) is 35.0 Å². The number of hydrazine groups is 1. The van der Waals surface area contributed by atoms with Crippen LogP contribution in [-0.2, 0) is 0 Å². The molecule has 17 heavy (non-hydrogen) atoms. The number of hydrogen-bond acceptors (Lipinski definition) is 2. The van der Waals surface area contributed by atoms with E-state index in [9.17, 15) is 4.79 Å². The van der Waals surface area contributed by atoms with Crippen molar-refractivity contribution in [2.45, 2.75) is 26.3 Å². The van der Waals surface area contributed by atoms with Crippen LogP contribution in [-0.4, -0.2) is 16.5 Å². The summed E-state index contributed by atoms with van der Waals surface area (Å²) in [5.74, 6) is -0.295. The van der Waals surface area contributed by atoms with Crippen molar-refractivity contribution >= 4 is 40.9 Å². The molecule has 3 nitrogen and oxygen atoms in total. The van der Waals surface area contributed by atoms with E-state index in [2.05, 4.69) is 4.94 Å². The molecule has 0 saturated carbocycles. The van der Waals surface area contributed by atoms with Gasteiger partial charge in [-0.2, -0.15) is 0 Å². The summed E-state index contributed by atoms with van der Waals surface area (Å²) >= 11 is 17.3. The summed E-state index contributed by atoms with van der Waals surface area (Å²) in [6, 6.07) is 4.65. The highest BCUT2D eigenvalue weighted by Gasteiger charge is 2.27. The van der Waals surface area contributed by atoms with Crippen LogP contribution in [0.15, 0.2) is 18.2 Å². The third-order valence-electron chi connectivity index (χ3n) is 2.07. The van der Waals surface area contributed by atoms with Crippen molar-refractivity contribution < 1.29 is 4.79 Å². The Morgan fingerprint density at radius 2 is 1.65 bits per heavy atom. The van der Waals surface area contributed by atoms with Gasteiger partial charge in [-0.3, -0.25) is 9.80 Å². The maximum absolute atomic E-state index is 12.2. The summed E-state index contributed by atoms with van der Waals surface area (Å²) in [5, 5.41) is 2.12. The first-order chi connectivity index (χ1) is 7.75. The lowest BCUT2D eigenvalue weighted by atomic mass is 10.1. The first kappa shape index (κ1) is 14.6. The molecule has 0 unspecified atom stereocenters. The van der Waals surface area contributed by atoms with E-state index < -0.39 is 5.54 Å². The molecule has 0 heterocycles. The second kappa shape index (κ2) is 5.44. The molecule has 0 bridgehead atoms. The molecule has 0 aliphatic rings. The summed E-state index contributed by atoms with van der Waals surface area (Å²) in [6.07, 6.45) is 0. The third-order valence-corrected chi connectivity index (χ3v) is 2.67. The number of halogens is 3. The van der Waals surface area contributed by atoms with Crippen LogP contribution in [0.4, 0.5) is 0 Å². The Morgan fingerprint density at radius 1 is 1.18 bits per heavy atom. The van der Waals surface area contributed by atoms with Crippen LogP contribution in [0.25, 0.3) is 0 Å². The average Bonchev–Trinajstić information content (AvgIpc) is 2.14. The maximum Gasteiger partial charge on any atom is 0.269 e. The van der Waals surface area contributed by atoms with Gasteiger partial charge in [0.15, 0.2) is 0 Å². The van der Waals surface area contributed by atoms with E-state index in [1.807, 2.05) is 20.8 Å². The molecule has 0 fully saturated rings. The summed E-state index contributed by atoms with van der Waals surface area (Å²) in [6.45, 7) is 5.56. The predicted molar refractivity (Wildman–Crippen MR) is 71.4 cm³/mol. The third kappa shape index (κ3) is 3.75. The van der Waals surface area contributed by atoms with Gasteiger partial charge >= 0.3 is 0 Å². The van der Waals surface area contributed by atoms with E-state index in [0.29, 0.717) is 15.6 Å². The molecule has 0 spiro atoms. The Labute approximate surface area is 116 Å². The van der Waals surface area contributed by atoms with Crippen LogP contribution >= 0.6 is 35.0 Å². The van der Waals surface area contributed by atoms with Crippen molar-refractivity contribution in [1.82, 2.24) is 9.95 Å². The van der Waals surface area contributed by atoms with Crippen LogP contribution in [0.3, 0.4) is 0 Å². The summed E-state index contributed by atoms with van der Waals surface area (Å²) < 4.78 is 0. The number of nitrogens with zero attached hydrogens (tertiary/aromatic N) is 1. The van der Waals surface area contributed by atoms with E-state index in [-0.39, 0.29) is 5.91 Å². The van der Waals surface area contributed by atoms with E-state index >= 15 is 0 Å². The molecular weight excluding hydrogens is 282 g/mol. The molecule has 6 heteroatoms. The lowest BCUT2D eigenvalue weighted by molar-refractivity contribution is 0.0516. The monoisotopic (exact) mass is 294 g/mol. The summed E-state index contributed by atoms with van der Waals surface area (Å²) in [7, 11) is 0. The zero-order valence-corrected chi connectivity index (χ0v) is 12.0. The first-order valence-corrected chi connectivity index (χ1v) is 6.06. The highest BCUT2D eigenvalue weighted by Crippen LogP contribution is 2.22. The number of amides is 1. The predicted octanol–water partition coefficient (Wildman–Crippen LogP) is 3.89. The standard InChI is InChI=1S/C11H13Cl3N2O/c1-11(2,3)16(15-14)10(17)7-4-8(12)6-9(13)5-7/h4-6,15H,1-3H3. The van der Waals surface area contributed by atoms with Gasteiger partial charge in [0.1, 0.15) is 0 Å². The molecular formula is C11H13Cl3N2O. The Kier molecular flexibility index (Phi) is 4.67. The minimum absolute atomic E-state index is 0.295. The van der Waals surface area contributed by atoms with Crippen molar-refractivity contribution in [2.24, 2.45) is 0 Å². The lowest BCUT2D eigenvalue weighted by Crippen LogP contribution is -2.50. The van der Waals surface area contributed by atoms with Gasteiger partial charge in [-0.15, -0.1) is 4.94 Å². The number of carbonyl (C=O) groups is 1. The van der Waals surface area contributed by atoms with Crippen molar-refractivity contribution in [3.05, 3.63) is 33.8 Å². The SMILES string of the molecule is CC(C)(C)N(NCl)C(=O)c1cc(Cl)cc(Cl)c1. The number of hydrogen-bond donors (Lipinski definition) is 1. The second-order valence-corrected chi connectivity index (χ2v) is 5.60. The van der Waals surface area contributed by atoms with E-state index in [1.54, 1.807) is 18.2 Å². The van der Waals surface area contributed by atoms with Gasteiger partial charge in [-0.1, -0.05) is 23.2 Å². The Hall–Kier alpha value is -0.480. The molecule has 1 aromatic rings. The van der Waals surface area contributed by atoms with Crippen LogP contribution < -0.4 is 4.94 Å². The Bertz CT molecular complexity index is 409. The maximum atomic E-state index is 12.2. The number of rotatable bonds is 2. The highest BCUT2D eigenvalue weighted by atomic mass is 35.5. The highest BCUT2D eigenvalue weighted by molar-refractivity contribution is 6.35. The van der Waals surface area contributed by atoms with Gasteiger partial charge in [-0.05, 0) is 50.7 Å². The fraction of sp³-hybridized carbons (Fsp3) is 0.364. The number of nitrogens with one attached hydrogen (secondary N) is 1. The fourth-order valence-corrected chi connectivity index (χ4v) is 2.13. The fourth-order valence-electron chi connectivity index (χ4n) is 1.28. The van der Waals surface area contributed by atoms with Crippen molar-refractivity contribution in [3.8, 4) is 0 Å². The minimum atomic E-state index is -0.465. The van der Waals surface area contributed by atoms with Crippen LogP contribution in [0.1, 0.15) is 31.1 Å². The number of benzene rings is 1. The molecule has 1 N–H and O–H groups in total. The van der Waals surface area contributed by atoms with Crippen LogP contribution in [0, 0.1) is 0 Å². The van der Waals surface area contributed by atoms with E-state index in [0.717, 1.165) is 0 Å². The van der Waals surface area contributed by atoms with E-state index in [1.165, 1.54) is 5.01 Å². The van der Waals surface area contributed by atoms with Gasteiger partial charge in [0.25, 0.3) is 5.91 Å². The normalized spacial score (nSPS) is 11.4. The topological polar surface area (TPSA) is 32.3 Å². The molecule has 0 aliphatic carbocycles. The summed E-state index contributed by atoms with van der Waals surface area (Å²) in [4.78, 5) is 14.5. The second-order valence-electron chi connectivity index (χ2n) is 4.55. The zero-order chi connectivity index (χ0) is 13.2. The molecule has 0 aromatic heterocycles. The Morgan fingerprint density at radius 3 is 2.00 bits per heavy atom. The zero-order valence-electron chi connectivity index (χ0n) is 9.72. The Balaban J connectivity index is 3.10. The molecule has 94 valence electrons. The molecule has 0 radical (unpaired) electrons. The number of carbonyl (C=O) groups excluding carboxylic acids is 1. The molecule has 0 atom stereocenters. The average molecular weight is 296 g/mol. The molecule has 1 aromatic carbocycles. The van der Waals surface area contributed by atoms with Crippen molar-refractivity contribution in [1.29, 1.82) is 0 Å². The molecule has 1 amide bonds. The molecule has 0 aliphatic heterocycles.